The summed E-state index contributed by atoms with van der Waals surface area (Å²) in [4.78, 5) is 29.5. The Bertz CT molecular complexity index is 345. The predicted molar refractivity (Wildman–Crippen MR) is 71.4 cm³/mol. The van der Waals surface area contributed by atoms with E-state index in [1.165, 1.54) is 0 Å². The van der Waals surface area contributed by atoms with Crippen molar-refractivity contribution in [3.8, 4) is 0 Å². The van der Waals surface area contributed by atoms with E-state index in [9.17, 15) is 9.36 Å². The summed E-state index contributed by atoms with van der Waals surface area (Å²) < 4.78 is 10.9. The first-order chi connectivity index (χ1) is 8.13. The molecule has 0 aliphatic heterocycles. The van der Waals surface area contributed by atoms with Crippen LogP contribution in [-0.4, -0.2) is 21.7 Å². The van der Waals surface area contributed by atoms with Crippen LogP contribution >= 0.6 is 7.60 Å². The molecule has 0 aromatic rings. The fourth-order valence-corrected chi connectivity index (χ4v) is 3.76. The molecule has 18 heavy (non-hydrogen) atoms. The van der Waals surface area contributed by atoms with Crippen LogP contribution in [0.1, 0.15) is 52.9 Å². The van der Waals surface area contributed by atoms with E-state index < -0.39 is 7.60 Å². The van der Waals surface area contributed by atoms with E-state index >= 15 is 0 Å². The highest BCUT2D eigenvalue weighted by Crippen LogP contribution is 2.45. The van der Waals surface area contributed by atoms with Gasteiger partial charge in [0.25, 0.3) is 0 Å². The molecule has 0 amide bonds. The van der Waals surface area contributed by atoms with Crippen LogP contribution < -0.4 is 0 Å². The van der Waals surface area contributed by atoms with Crippen LogP contribution in [0.15, 0.2) is 0 Å². The van der Waals surface area contributed by atoms with Gasteiger partial charge in [-0.3, -0.25) is 9.36 Å². The maximum Gasteiger partial charge on any atom is 0.325 e. The number of Topliss-reactive ketones (excluding diaryl/α,β-unsaturated/α-hetero) is 1. The first-order valence-electron chi connectivity index (χ1n) is 6.71. The average molecular weight is 276 g/mol. The summed E-state index contributed by atoms with van der Waals surface area (Å²) in [6.07, 6.45) is 3.93. The molecule has 0 saturated heterocycles. The quantitative estimate of drug-likeness (QED) is 0.757. The molecule has 0 aromatic heterocycles. The molecule has 1 rings (SSSR count). The number of carbonyl (C=O) groups is 1. The van der Waals surface area contributed by atoms with E-state index in [1.54, 1.807) is 0 Å². The second-order valence-corrected chi connectivity index (χ2v) is 8.01. The Morgan fingerprint density at radius 3 is 2.56 bits per heavy atom. The van der Waals surface area contributed by atoms with Crippen molar-refractivity contribution < 1.29 is 19.1 Å². The Morgan fingerprint density at radius 1 is 1.39 bits per heavy atom. The third-order valence-corrected chi connectivity index (χ3v) is 5.22. The maximum atomic E-state index is 11.8. The zero-order valence-corrected chi connectivity index (χ0v) is 12.4. The van der Waals surface area contributed by atoms with Crippen LogP contribution in [0, 0.1) is 17.3 Å². The molecule has 2 atom stereocenters. The molecule has 1 aliphatic carbocycles. The van der Waals surface area contributed by atoms with Crippen LogP contribution in [0.2, 0.25) is 0 Å². The number of rotatable bonds is 5. The molecule has 2 N–H and O–H groups in total. The Kier molecular flexibility index (Phi) is 5.16. The van der Waals surface area contributed by atoms with Crippen molar-refractivity contribution in [1.29, 1.82) is 0 Å². The van der Waals surface area contributed by atoms with Crippen LogP contribution in [0.3, 0.4) is 0 Å². The second-order valence-electron chi connectivity index (χ2n) is 6.23. The van der Waals surface area contributed by atoms with E-state index in [2.05, 4.69) is 13.8 Å². The summed E-state index contributed by atoms with van der Waals surface area (Å²) in [7, 11) is -3.89. The van der Waals surface area contributed by atoms with Gasteiger partial charge in [-0.05, 0) is 37.0 Å². The highest BCUT2D eigenvalue weighted by Gasteiger charge is 2.38. The third kappa shape index (κ3) is 4.49. The highest BCUT2D eigenvalue weighted by molar-refractivity contribution is 7.51. The van der Waals surface area contributed by atoms with Crippen molar-refractivity contribution in [2.75, 3.05) is 6.16 Å². The second kappa shape index (κ2) is 5.85. The van der Waals surface area contributed by atoms with Gasteiger partial charge in [-0.1, -0.05) is 20.8 Å². The molecule has 0 unspecified atom stereocenters. The first kappa shape index (κ1) is 15.9. The maximum absolute atomic E-state index is 11.8. The van der Waals surface area contributed by atoms with Gasteiger partial charge in [0.2, 0.25) is 0 Å². The van der Waals surface area contributed by atoms with Crippen molar-refractivity contribution in [3.05, 3.63) is 0 Å². The lowest BCUT2D eigenvalue weighted by Gasteiger charge is -2.40. The van der Waals surface area contributed by atoms with Crippen LogP contribution in [0.4, 0.5) is 0 Å². The summed E-state index contributed by atoms with van der Waals surface area (Å²) in [5.74, 6) is 0.772. The smallest absolute Gasteiger partial charge is 0.324 e. The van der Waals surface area contributed by atoms with Crippen LogP contribution in [0.5, 0.6) is 0 Å². The predicted octanol–water partition coefficient (Wildman–Crippen LogP) is 2.98. The minimum Gasteiger partial charge on any atom is -0.324 e. The molecule has 0 spiro atoms. The Hall–Kier alpha value is -0.180. The molecular weight excluding hydrogens is 251 g/mol. The summed E-state index contributed by atoms with van der Waals surface area (Å²) in [6.45, 7) is 6.23. The van der Waals surface area contributed by atoms with Crippen molar-refractivity contribution in [1.82, 2.24) is 0 Å². The van der Waals surface area contributed by atoms with Gasteiger partial charge < -0.3 is 9.79 Å². The fraction of sp³-hybridized carbons (Fsp3) is 0.923. The Morgan fingerprint density at radius 2 is 2.00 bits per heavy atom. The van der Waals surface area contributed by atoms with Gasteiger partial charge in [-0.2, -0.15) is 0 Å². The molecule has 4 nitrogen and oxygen atoms in total. The number of ketones is 1. The van der Waals surface area contributed by atoms with E-state index in [-0.39, 0.29) is 17.5 Å². The topological polar surface area (TPSA) is 74.6 Å². The Balaban J connectivity index is 2.56. The van der Waals surface area contributed by atoms with Gasteiger partial charge in [0.15, 0.2) is 0 Å². The lowest BCUT2D eigenvalue weighted by atomic mass is 9.64. The van der Waals surface area contributed by atoms with Crippen LogP contribution in [0.25, 0.3) is 0 Å². The molecule has 1 fully saturated rings. The van der Waals surface area contributed by atoms with E-state index in [4.69, 9.17) is 9.79 Å². The summed E-state index contributed by atoms with van der Waals surface area (Å²) in [5.41, 5.74) is -0.0231. The van der Waals surface area contributed by atoms with Gasteiger partial charge >= 0.3 is 7.60 Å². The average Bonchev–Trinajstić information content (AvgIpc) is 2.19. The van der Waals surface area contributed by atoms with E-state index in [0.29, 0.717) is 24.5 Å². The monoisotopic (exact) mass is 276 g/mol. The highest BCUT2D eigenvalue weighted by atomic mass is 31.2. The molecule has 0 heterocycles. The van der Waals surface area contributed by atoms with Gasteiger partial charge in [-0.25, -0.2) is 0 Å². The van der Waals surface area contributed by atoms with Crippen molar-refractivity contribution in [3.63, 3.8) is 0 Å². The van der Waals surface area contributed by atoms with Crippen LogP contribution in [-0.2, 0) is 9.36 Å². The zero-order chi connectivity index (χ0) is 14.0. The Labute approximate surface area is 109 Å². The summed E-state index contributed by atoms with van der Waals surface area (Å²) >= 11 is 0. The molecule has 0 aromatic carbocycles. The number of carbonyl (C=O) groups excluding carboxylic acids is 1. The molecule has 5 heteroatoms. The van der Waals surface area contributed by atoms with Gasteiger partial charge in [0, 0.05) is 18.5 Å². The molecule has 1 aliphatic rings. The fourth-order valence-electron chi connectivity index (χ4n) is 3.19. The summed E-state index contributed by atoms with van der Waals surface area (Å²) in [5, 5.41) is 0. The summed E-state index contributed by atoms with van der Waals surface area (Å²) in [6, 6.07) is 0. The molecule has 1 saturated carbocycles. The minimum absolute atomic E-state index is 0.0231. The zero-order valence-electron chi connectivity index (χ0n) is 11.6. The molecule has 106 valence electrons. The van der Waals surface area contributed by atoms with Gasteiger partial charge in [0.05, 0.1) is 0 Å². The van der Waals surface area contributed by atoms with Gasteiger partial charge in [-0.15, -0.1) is 0 Å². The minimum atomic E-state index is -3.89. The van der Waals surface area contributed by atoms with E-state index in [0.717, 1.165) is 19.3 Å². The number of hydrogen-bond acceptors (Lipinski definition) is 2. The molecular formula is C13H25O4P. The normalized spacial score (nSPS) is 26.4. The van der Waals surface area contributed by atoms with Gasteiger partial charge in [0.1, 0.15) is 5.78 Å². The van der Waals surface area contributed by atoms with E-state index in [1.807, 2.05) is 6.92 Å². The molecule has 0 bridgehead atoms. The lowest BCUT2D eigenvalue weighted by molar-refractivity contribution is -0.128. The van der Waals surface area contributed by atoms with Crippen molar-refractivity contribution >= 4 is 13.4 Å². The number of hydrogen-bond donors (Lipinski definition) is 2. The SMILES string of the molecule is C[C@@H]1C(=O)CCC[C@H]1C(C)(C)CCCP(=O)(O)O. The third-order valence-electron chi connectivity index (χ3n) is 4.32. The molecule has 0 radical (unpaired) electrons. The first-order valence-corrected chi connectivity index (χ1v) is 8.50. The van der Waals surface area contributed by atoms with Crippen molar-refractivity contribution in [2.24, 2.45) is 17.3 Å². The van der Waals surface area contributed by atoms with Crippen molar-refractivity contribution in [2.45, 2.75) is 52.9 Å². The lowest BCUT2D eigenvalue weighted by Crippen LogP contribution is -2.36. The largest absolute Gasteiger partial charge is 0.325 e. The standard InChI is InChI=1S/C13H25O4P/c1-10-11(6-4-7-12(10)14)13(2,3)8-5-9-18(15,16)17/h10-11H,4-9H2,1-3H3,(H2,15,16,17)/t10-,11+/m0/s1.